The number of nitrogens with one attached hydrogen (secondary N) is 1. The number of nitro groups is 1. The third-order valence-corrected chi connectivity index (χ3v) is 5.29. The van der Waals surface area contributed by atoms with Crippen molar-refractivity contribution in [2.24, 2.45) is 0 Å². The number of aromatic nitrogens is 4. The van der Waals surface area contributed by atoms with Gasteiger partial charge >= 0.3 is 0 Å². The molecule has 156 valence electrons. The number of benzene rings is 2. The van der Waals surface area contributed by atoms with Crippen molar-refractivity contribution in [3.63, 3.8) is 0 Å². The lowest BCUT2D eigenvalue weighted by Crippen LogP contribution is -2.14. The molecule has 0 bridgehead atoms. The molecule has 0 aliphatic heterocycles. The number of amides is 1. The van der Waals surface area contributed by atoms with Gasteiger partial charge in [0, 0.05) is 23.4 Å². The average molecular weight is 438 g/mol. The number of fused-ring (bicyclic) bond motifs is 1. The molecule has 0 radical (unpaired) electrons. The van der Waals surface area contributed by atoms with E-state index in [9.17, 15) is 19.3 Å². The van der Waals surface area contributed by atoms with Crippen LogP contribution in [0.1, 0.15) is 5.56 Å². The van der Waals surface area contributed by atoms with Gasteiger partial charge in [0.15, 0.2) is 5.65 Å². The van der Waals surface area contributed by atoms with E-state index < -0.39 is 10.7 Å². The van der Waals surface area contributed by atoms with Gasteiger partial charge in [-0.15, -0.1) is 10.2 Å². The van der Waals surface area contributed by atoms with Crippen LogP contribution in [-0.4, -0.2) is 36.4 Å². The first-order valence-electron chi connectivity index (χ1n) is 9.07. The summed E-state index contributed by atoms with van der Waals surface area (Å²) in [6.45, 7) is 1.64. The van der Waals surface area contributed by atoms with Crippen molar-refractivity contribution in [2.75, 3.05) is 11.1 Å². The van der Waals surface area contributed by atoms with Gasteiger partial charge in [0.1, 0.15) is 5.82 Å². The summed E-state index contributed by atoms with van der Waals surface area (Å²) in [4.78, 5) is 22.8. The Morgan fingerprint density at radius 1 is 1.19 bits per heavy atom. The molecule has 0 fully saturated rings. The number of carbonyl (C=O) groups is 1. The Morgan fingerprint density at radius 2 is 2.03 bits per heavy atom. The molecule has 4 aromatic rings. The lowest BCUT2D eigenvalue weighted by atomic mass is 10.1. The summed E-state index contributed by atoms with van der Waals surface area (Å²) < 4.78 is 15.1. The molecule has 2 aromatic heterocycles. The fourth-order valence-corrected chi connectivity index (χ4v) is 3.48. The Balaban J connectivity index is 1.51. The highest BCUT2D eigenvalue weighted by Crippen LogP contribution is 2.24. The molecule has 4 rings (SSSR count). The van der Waals surface area contributed by atoms with Crippen LogP contribution in [0.2, 0.25) is 0 Å². The van der Waals surface area contributed by atoms with Crippen molar-refractivity contribution in [1.82, 2.24) is 19.8 Å². The van der Waals surface area contributed by atoms with E-state index in [1.807, 2.05) is 0 Å². The fourth-order valence-electron chi connectivity index (χ4n) is 2.79. The molecular formula is C20H15FN6O3S. The standard InChI is InChI=1S/C20H15FN6O3S/c1-12-5-6-14(10-16(12)21)22-19(28)11-31-20-24-23-18-8-7-17(25-26(18)20)13-3-2-4-15(9-13)27(29)30/h2-10H,11H2,1H3,(H,22,28). The van der Waals surface area contributed by atoms with Gasteiger partial charge < -0.3 is 5.32 Å². The molecule has 31 heavy (non-hydrogen) atoms. The van der Waals surface area contributed by atoms with E-state index in [4.69, 9.17) is 0 Å². The Bertz CT molecular complexity index is 1310. The summed E-state index contributed by atoms with van der Waals surface area (Å²) >= 11 is 1.12. The van der Waals surface area contributed by atoms with Gasteiger partial charge in [-0.05, 0) is 36.8 Å². The highest BCUT2D eigenvalue weighted by Gasteiger charge is 2.14. The first-order chi connectivity index (χ1) is 14.9. The number of carbonyl (C=O) groups excluding carboxylic acids is 1. The zero-order valence-corrected chi connectivity index (χ0v) is 17.0. The van der Waals surface area contributed by atoms with E-state index in [1.165, 1.54) is 22.7 Å². The quantitative estimate of drug-likeness (QED) is 0.276. The number of thioether (sulfide) groups is 1. The SMILES string of the molecule is Cc1ccc(NC(=O)CSc2nnc3ccc(-c4cccc([N+](=O)[O-])c4)nn23)cc1F. The maximum absolute atomic E-state index is 13.6. The second kappa shape index (κ2) is 8.48. The molecule has 11 heteroatoms. The maximum Gasteiger partial charge on any atom is 0.270 e. The van der Waals surface area contributed by atoms with Crippen molar-refractivity contribution in [1.29, 1.82) is 0 Å². The van der Waals surface area contributed by atoms with Gasteiger partial charge in [0.2, 0.25) is 11.1 Å². The van der Waals surface area contributed by atoms with Crippen molar-refractivity contribution in [2.45, 2.75) is 12.1 Å². The fraction of sp³-hybridized carbons (Fsp3) is 0.100. The number of rotatable bonds is 6. The van der Waals surface area contributed by atoms with Gasteiger partial charge in [0.05, 0.1) is 16.4 Å². The van der Waals surface area contributed by atoms with Crippen molar-refractivity contribution in [3.05, 3.63) is 76.1 Å². The molecule has 0 aliphatic carbocycles. The second-order valence-corrected chi connectivity index (χ2v) is 7.52. The number of nitro benzene ring substituents is 1. The predicted molar refractivity (Wildman–Crippen MR) is 113 cm³/mol. The van der Waals surface area contributed by atoms with Gasteiger partial charge in [-0.25, -0.2) is 4.39 Å². The molecule has 0 spiro atoms. The molecule has 0 saturated heterocycles. The molecule has 9 nitrogen and oxygen atoms in total. The van der Waals surface area contributed by atoms with E-state index in [2.05, 4.69) is 20.6 Å². The van der Waals surface area contributed by atoms with Crippen molar-refractivity contribution in [3.8, 4) is 11.3 Å². The Morgan fingerprint density at radius 3 is 2.81 bits per heavy atom. The molecule has 0 saturated carbocycles. The Labute approximate surface area is 179 Å². The smallest absolute Gasteiger partial charge is 0.270 e. The molecule has 1 amide bonds. The van der Waals surface area contributed by atoms with E-state index in [1.54, 1.807) is 43.3 Å². The van der Waals surface area contributed by atoms with Crippen LogP contribution in [0.4, 0.5) is 15.8 Å². The summed E-state index contributed by atoms with van der Waals surface area (Å²) in [5.41, 5.74) is 2.36. The molecule has 2 aromatic carbocycles. The van der Waals surface area contributed by atoms with E-state index in [0.29, 0.717) is 33.3 Å². The first-order valence-corrected chi connectivity index (χ1v) is 10.1. The summed E-state index contributed by atoms with van der Waals surface area (Å²) in [6.07, 6.45) is 0. The highest BCUT2D eigenvalue weighted by atomic mass is 32.2. The predicted octanol–water partition coefficient (Wildman–Crippen LogP) is 3.88. The lowest BCUT2D eigenvalue weighted by molar-refractivity contribution is -0.384. The number of hydrogen-bond acceptors (Lipinski definition) is 7. The molecule has 1 N–H and O–H groups in total. The van der Waals surface area contributed by atoms with E-state index in [-0.39, 0.29) is 17.3 Å². The first kappa shape index (κ1) is 20.4. The number of hydrogen-bond donors (Lipinski definition) is 1. The van der Waals surface area contributed by atoms with Crippen molar-refractivity contribution >= 4 is 34.7 Å². The van der Waals surface area contributed by atoms with Crippen LogP contribution in [0.5, 0.6) is 0 Å². The third kappa shape index (κ3) is 4.51. The highest BCUT2D eigenvalue weighted by molar-refractivity contribution is 7.99. The number of anilines is 1. The van der Waals surface area contributed by atoms with Gasteiger partial charge in [-0.1, -0.05) is 30.0 Å². The Hall–Kier alpha value is -3.86. The number of aryl methyl sites for hydroxylation is 1. The monoisotopic (exact) mass is 438 g/mol. The van der Waals surface area contributed by atoms with E-state index >= 15 is 0 Å². The van der Waals surface area contributed by atoms with E-state index in [0.717, 1.165) is 11.8 Å². The lowest BCUT2D eigenvalue weighted by Gasteiger charge is -2.06. The molecular weight excluding hydrogens is 423 g/mol. The average Bonchev–Trinajstić information content (AvgIpc) is 3.17. The van der Waals surface area contributed by atoms with Gasteiger partial charge in [0.25, 0.3) is 5.69 Å². The number of halogens is 1. The minimum atomic E-state index is -0.472. The van der Waals surface area contributed by atoms with Crippen LogP contribution < -0.4 is 5.32 Å². The molecule has 0 atom stereocenters. The van der Waals surface area contributed by atoms with Crippen LogP contribution in [0.25, 0.3) is 16.9 Å². The topological polar surface area (TPSA) is 115 Å². The van der Waals surface area contributed by atoms with Crippen LogP contribution in [0.3, 0.4) is 0 Å². The summed E-state index contributed by atoms with van der Waals surface area (Å²) in [5, 5.41) is 26.6. The Kier molecular flexibility index (Phi) is 5.58. The number of nitrogens with zero attached hydrogens (tertiary/aromatic N) is 5. The van der Waals surface area contributed by atoms with Gasteiger partial charge in [-0.3, -0.25) is 14.9 Å². The third-order valence-electron chi connectivity index (χ3n) is 4.37. The zero-order chi connectivity index (χ0) is 22.0. The minimum Gasteiger partial charge on any atom is -0.325 e. The van der Waals surface area contributed by atoms with Crippen LogP contribution >= 0.6 is 11.8 Å². The normalized spacial score (nSPS) is 10.9. The summed E-state index contributed by atoms with van der Waals surface area (Å²) in [5.74, 6) is -0.717. The largest absolute Gasteiger partial charge is 0.325 e. The summed E-state index contributed by atoms with van der Waals surface area (Å²) in [6, 6.07) is 14.0. The minimum absolute atomic E-state index is 0.0129. The number of non-ortho nitro benzene ring substituents is 1. The maximum atomic E-state index is 13.6. The molecule has 0 aliphatic rings. The summed E-state index contributed by atoms with van der Waals surface area (Å²) in [7, 11) is 0. The van der Waals surface area contributed by atoms with Crippen LogP contribution in [0, 0.1) is 22.9 Å². The molecule has 0 unspecified atom stereocenters. The van der Waals surface area contributed by atoms with Crippen LogP contribution in [-0.2, 0) is 4.79 Å². The zero-order valence-electron chi connectivity index (χ0n) is 16.2. The molecule has 2 heterocycles. The van der Waals surface area contributed by atoms with Crippen LogP contribution in [0.15, 0.2) is 59.8 Å². The second-order valence-electron chi connectivity index (χ2n) is 6.58. The van der Waals surface area contributed by atoms with Gasteiger partial charge in [-0.2, -0.15) is 9.61 Å². The van der Waals surface area contributed by atoms with Crippen molar-refractivity contribution < 1.29 is 14.1 Å².